The quantitative estimate of drug-likeness (QED) is 0.759. The van der Waals surface area contributed by atoms with E-state index in [1.807, 2.05) is 6.07 Å². The van der Waals surface area contributed by atoms with Crippen molar-refractivity contribution < 1.29 is 24.3 Å². The number of carboxylic acid groups (broad SMARTS) is 1. The summed E-state index contributed by atoms with van der Waals surface area (Å²) in [7, 11) is 0. The molecule has 0 unspecified atom stereocenters. The number of amides is 2. The lowest BCUT2D eigenvalue weighted by Gasteiger charge is -2.47. The van der Waals surface area contributed by atoms with Gasteiger partial charge in [-0.05, 0) is 5.56 Å². The van der Waals surface area contributed by atoms with Crippen LogP contribution in [0.5, 0.6) is 0 Å². The number of hydrogen-bond donors (Lipinski definition) is 2. The van der Waals surface area contributed by atoms with Crippen molar-refractivity contribution in [2.24, 2.45) is 0 Å². The van der Waals surface area contributed by atoms with Gasteiger partial charge in [0.2, 0.25) is 11.0 Å². The summed E-state index contributed by atoms with van der Waals surface area (Å²) in [6.45, 7) is 0. The van der Waals surface area contributed by atoms with E-state index in [1.54, 1.807) is 24.3 Å². The fraction of sp³-hybridized carbons (Fsp3) is 0.200. The Bertz CT molecular complexity index is 731. The highest BCUT2D eigenvalue weighted by Crippen LogP contribution is 2.38. The Labute approximate surface area is 135 Å². The first-order valence-electron chi connectivity index (χ1n) is 6.79. The van der Waals surface area contributed by atoms with E-state index >= 15 is 0 Å². The van der Waals surface area contributed by atoms with Gasteiger partial charge in [0, 0.05) is 6.08 Å². The number of carboxylic acids is 1. The molecule has 1 fully saturated rings. The minimum absolute atomic E-state index is 0.109. The van der Waals surface area contributed by atoms with E-state index in [0.29, 0.717) is 0 Å². The predicted molar refractivity (Wildman–Crippen MR) is 81.0 cm³/mol. The number of nitrogens with one attached hydrogen (secondary N) is 1. The first-order valence-corrected chi connectivity index (χ1v) is 7.67. The molecule has 2 amide bonds. The van der Waals surface area contributed by atoms with Crippen molar-refractivity contribution in [3.8, 4) is 0 Å². The van der Waals surface area contributed by atoms with Gasteiger partial charge in [0.05, 0.1) is 6.42 Å². The highest BCUT2D eigenvalue weighted by Gasteiger charge is 2.54. The maximum absolute atomic E-state index is 12.1. The maximum Gasteiger partial charge on any atom is 0.352 e. The Morgan fingerprint density at radius 1 is 1.22 bits per heavy atom. The highest BCUT2D eigenvalue weighted by molar-refractivity contribution is 8.14. The van der Waals surface area contributed by atoms with Gasteiger partial charge in [-0.15, -0.1) is 0 Å². The van der Waals surface area contributed by atoms with E-state index in [1.165, 1.54) is 0 Å². The monoisotopic (exact) mass is 332 g/mol. The lowest BCUT2D eigenvalue weighted by atomic mass is 10.0. The largest absolute Gasteiger partial charge is 0.477 e. The lowest BCUT2D eigenvalue weighted by molar-refractivity contribution is -0.150. The second-order valence-electron chi connectivity index (χ2n) is 5.08. The van der Waals surface area contributed by atoms with Gasteiger partial charge < -0.3 is 10.4 Å². The molecule has 3 rings (SSSR count). The molecule has 0 radical (unpaired) electrons. The van der Waals surface area contributed by atoms with E-state index in [0.717, 1.165) is 28.3 Å². The molecule has 1 aromatic carbocycles. The van der Waals surface area contributed by atoms with Crippen LogP contribution in [0.4, 0.5) is 0 Å². The molecule has 2 atom stereocenters. The Hall–Kier alpha value is -2.61. The number of rotatable bonds is 4. The van der Waals surface area contributed by atoms with E-state index in [9.17, 15) is 19.2 Å². The number of thioether (sulfide) groups is 1. The SMILES string of the molecule is O=C(Cc1ccccc1)N[C@@H]1C(=O)N2C(C(=O)O)=CC(=O)S[C@@H]12. The molecular weight excluding hydrogens is 320 g/mol. The molecule has 2 aliphatic heterocycles. The average molecular weight is 332 g/mol. The molecule has 1 saturated heterocycles. The van der Waals surface area contributed by atoms with Gasteiger partial charge >= 0.3 is 5.97 Å². The molecule has 0 aromatic heterocycles. The number of aliphatic carboxylic acids is 1. The molecule has 0 aliphatic carbocycles. The summed E-state index contributed by atoms with van der Waals surface area (Å²) < 4.78 is 0. The first-order chi connectivity index (χ1) is 11.0. The van der Waals surface area contributed by atoms with Crippen LogP contribution in [0.15, 0.2) is 42.1 Å². The third kappa shape index (κ3) is 2.85. The summed E-state index contributed by atoms with van der Waals surface area (Å²) in [5, 5.41) is 10.5. The zero-order valence-corrected chi connectivity index (χ0v) is 12.6. The second-order valence-corrected chi connectivity index (χ2v) is 6.20. The summed E-state index contributed by atoms with van der Waals surface area (Å²) in [5.41, 5.74) is 0.449. The Morgan fingerprint density at radius 2 is 1.91 bits per heavy atom. The number of carbonyl (C=O) groups is 4. The number of benzene rings is 1. The summed E-state index contributed by atoms with van der Waals surface area (Å²) in [4.78, 5) is 47.8. The lowest BCUT2D eigenvalue weighted by Crippen LogP contribution is -2.70. The standard InChI is InChI=1S/C15H12N2O5S/c18-10(6-8-4-2-1-3-5-8)16-12-13(20)17-9(15(21)22)7-11(19)23-14(12)17/h1-5,7,12,14H,6H2,(H,16,18)(H,21,22)/t12-,14+/m1/s1. The van der Waals surface area contributed by atoms with Gasteiger partial charge in [0.15, 0.2) is 0 Å². The van der Waals surface area contributed by atoms with Gasteiger partial charge in [0.1, 0.15) is 17.1 Å². The number of fused-ring (bicyclic) bond motifs is 1. The second kappa shape index (κ2) is 5.88. The fourth-order valence-corrected chi connectivity index (χ4v) is 3.54. The van der Waals surface area contributed by atoms with E-state index in [-0.39, 0.29) is 18.0 Å². The van der Waals surface area contributed by atoms with Crippen LogP contribution in [-0.4, -0.2) is 44.3 Å². The molecule has 2 N–H and O–H groups in total. The van der Waals surface area contributed by atoms with Crippen LogP contribution in [0.2, 0.25) is 0 Å². The van der Waals surface area contributed by atoms with Crippen molar-refractivity contribution in [2.45, 2.75) is 17.8 Å². The molecule has 23 heavy (non-hydrogen) atoms. The summed E-state index contributed by atoms with van der Waals surface area (Å²) in [6.07, 6.45) is 1.03. The molecular formula is C15H12N2O5S. The number of β-lactam (4-membered cyclic amide) rings is 1. The van der Waals surface area contributed by atoms with Gasteiger partial charge in [-0.2, -0.15) is 0 Å². The first kappa shape index (κ1) is 15.3. The van der Waals surface area contributed by atoms with Gasteiger partial charge in [-0.3, -0.25) is 19.3 Å². The van der Waals surface area contributed by atoms with Crippen molar-refractivity contribution in [3.63, 3.8) is 0 Å². The van der Waals surface area contributed by atoms with Crippen LogP contribution < -0.4 is 5.32 Å². The third-order valence-electron chi connectivity index (χ3n) is 3.54. The van der Waals surface area contributed by atoms with Crippen LogP contribution in [0.25, 0.3) is 0 Å². The molecule has 118 valence electrons. The van der Waals surface area contributed by atoms with Gasteiger partial charge in [0.25, 0.3) is 5.91 Å². The summed E-state index contributed by atoms with van der Waals surface area (Å²) in [5.74, 6) is -2.22. The molecule has 0 saturated carbocycles. The zero-order valence-electron chi connectivity index (χ0n) is 11.8. The van der Waals surface area contributed by atoms with Gasteiger partial charge in [-0.25, -0.2) is 4.79 Å². The highest BCUT2D eigenvalue weighted by atomic mass is 32.2. The Balaban J connectivity index is 1.68. The molecule has 1 aromatic rings. The fourth-order valence-electron chi connectivity index (χ4n) is 2.48. The van der Waals surface area contributed by atoms with Crippen molar-refractivity contribution in [1.29, 1.82) is 0 Å². The molecule has 0 bridgehead atoms. The molecule has 8 heteroatoms. The number of nitrogens with zero attached hydrogens (tertiary/aromatic N) is 1. The van der Waals surface area contributed by atoms with Crippen molar-refractivity contribution in [3.05, 3.63) is 47.7 Å². The maximum atomic E-state index is 12.1. The summed E-state index contributed by atoms with van der Waals surface area (Å²) >= 11 is 0.829. The van der Waals surface area contributed by atoms with Crippen LogP contribution in [0.3, 0.4) is 0 Å². The van der Waals surface area contributed by atoms with E-state index in [4.69, 9.17) is 5.11 Å². The molecule has 7 nitrogen and oxygen atoms in total. The minimum atomic E-state index is -1.34. The van der Waals surface area contributed by atoms with Crippen LogP contribution in [0, 0.1) is 0 Å². The normalized spacial score (nSPS) is 22.8. The number of hydrogen-bond acceptors (Lipinski definition) is 5. The molecule has 2 heterocycles. The van der Waals surface area contributed by atoms with Crippen molar-refractivity contribution >= 4 is 34.7 Å². The predicted octanol–water partition coefficient (Wildman–Crippen LogP) is 0.124. The Kier molecular flexibility index (Phi) is 3.91. The van der Waals surface area contributed by atoms with Crippen LogP contribution in [0.1, 0.15) is 5.56 Å². The third-order valence-corrected chi connectivity index (χ3v) is 4.61. The number of carbonyl (C=O) groups excluding carboxylic acids is 3. The van der Waals surface area contributed by atoms with Crippen LogP contribution in [-0.2, 0) is 25.6 Å². The topological polar surface area (TPSA) is 104 Å². The van der Waals surface area contributed by atoms with Crippen molar-refractivity contribution in [2.75, 3.05) is 0 Å². The minimum Gasteiger partial charge on any atom is -0.477 e. The van der Waals surface area contributed by atoms with Crippen molar-refractivity contribution in [1.82, 2.24) is 10.2 Å². The van der Waals surface area contributed by atoms with Crippen LogP contribution >= 0.6 is 11.8 Å². The average Bonchev–Trinajstić information content (AvgIpc) is 2.52. The Morgan fingerprint density at radius 3 is 2.57 bits per heavy atom. The van der Waals surface area contributed by atoms with Gasteiger partial charge in [-0.1, -0.05) is 42.1 Å². The zero-order chi connectivity index (χ0) is 16.6. The molecule has 2 aliphatic rings. The van der Waals surface area contributed by atoms with E-state index in [2.05, 4.69) is 5.32 Å². The smallest absolute Gasteiger partial charge is 0.352 e. The molecule has 0 spiro atoms. The van der Waals surface area contributed by atoms with E-state index < -0.39 is 28.4 Å². The summed E-state index contributed by atoms with van der Waals surface area (Å²) in [6, 6.07) is 8.13.